The molecule has 0 saturated carbocycles. The van der Waals surface area contributed by atoms with Gasteiger partial charge in [0.25, 0.3) is 5.69 Å². The summed E-state index contributed by atoms with van der Waals surface area (Å²) in [5.41, 5.74) is 0.0777. The molecule has 16 heavy (non-hydrogen) atoms. The van der Waals surface area contributed by atoms with Crippen molar-refractivity contribution in [2.45, 2.75) is 5.33 Å². The largest absolute Gasteiger partial charge is 0.465 e. The monoisotopic (exact) mass is 307 g/mol. The minimum Gasteiger partial charge on any atom is -0.465 e. The number of nitro groups is 1. The number of hydrogen-bond donors (Lipinski definition) is 0. The normalized spacial score (nSPS) is 9.94. The fourth-order valence-electron chi connectivity index (χ4n) is 1.13. The lowest BCUT2D eigenvalue weighted by Crippen LogP contribution is -2.06. The Kier molecular flexibility index (Phi) is 4.26. The Morgan fingerprint density at radius 1 is 1.62 bits per heavy atom. The molecule has 0 bridgehead atoms. The molecule has 0 saturated heterocycles. The zero-order valence-electron chi connectivity index (χ0n) is 8.20. The van der Waals surface area contributed by atoms with Crippen LogP contribution >= 0.6 is 27.5 Å². The van der Waals surface area contributed by atoms with E-state index in [1.54, 1.807) is 0 Å². The number of halogens is 2. The predicted molar refractivity (Wildman–Crippen MR) is 62.1 cm³/mol. The van der Waals surface area contributed by atoms with Crippen molar-refractivity contribution in [2.24, 2.45) is 0 Å². The van der Waals surface area contributed by atoms with Gasteiger partial charge in [-0.2, -0.15) is 0 Å². The van der Waals surface area contributed by atoms with Crippen LogP contribution in [0.4, 0.5) is 5.69 Å². The van der Waals surface area contributed by atoms with E-state index in [-0.39, 0.29) is 16.3 Å². The fourth-order valence-corrected chi connectivity index (χ4v) is 1.99. The van der Waals surface area contributed by atoms with Crippen molar-refractivity contribution in [3.8, 4) is 0 Å². The molecule has 0 unspecified atom stereocenters. The third-order valence-corrected chi connectivity index (χ3v) is 2.87. The second kappa shape index (κ2) is 5.27. The molecule has 0 aromatic heterocycles. The lowest BCUT2D eigenvalue weighted by molar-refractivity contribution is -0.385. The summed E-state index contributed by atoms with van der Waals surface area (Å²) in [4.78, 5) is 21.4. The molecule has 1 aromatic rings. The number of esters is 1. The number of nitrogens with zero attached hydrogens (tertiary/aromatic N) is 1. The summed E-state index contributed by atoms with van der Waals surface area (Å²) in [5, 5.41) is 11.4. The molecule has 1 rings (SSSR count). The number of hydrogen-bond acceptors (Lipinski definition) is 4. The highest BCUT2D eigenvalue weighted by Crippen LogP contribution is 2.28. The molecular formula is C9H7BrClNO4. The minimum absolute atomic E-state index is 0.151. The van der Waals surface area contributed by atoms with Crippen LogP contribution in [0.3, 0.4) is 0 Å². The van der Waals surface area contributed by atoms with E-state index in [1.165, 1.54) is 12.1 Å². The van der Waals surface area contributed by atoms with Crippen molar-refractivity contribution in [3.63, 3.8) is 0 Å². The fraction of sp³-hybridized carbons (Fsp3) is 0.222. The van der Waals surface area contributed by atoms with Crippen LogP contribution in [0.2, 0.25) is 5.02 Å². The molecule has 0 fully saturated rings. The van der Waals surface area contributed by atoms with E-state index in [9.17, 15) is 14.9 Å². The number of carbonyl (C=O) groups is 1. The third kappa shape index (κ3) is 2.51. The van der Waals surface area contributed by atoms with Crippen LogP contribution in [0.5, 0.6) is 0 Å². The number of nitro benzene ring substituents is 1. The highest BCUT2D eigenvalue weighted by Gasteiger charge is 2.23. The molecule has 0 aliphatic rings. The van der Waals surface area contributed by atoms with Gasteiger partial charge in [0.1, 0.15) is 5.56 Å². The summed E-state index contributed by atoms with van der Waals surface area (Å²) in [6.07, 6.45) is 0. The standard InChI is InChI=1S/C9H7BrClNO4/c1-16-9(13)6-3-7(11)5(4-10)2-8(6)12(14)15/h2-3H,4H2,1H3. The van der Waals surface area contributed by atoms with Crippen molar-refractivity contribution >= 4 is 39.2 Å². The number of benzene rings is 1. The molecule has 0 atom stereocenters. The second-order valence-electron chi connectivity index (χ2n) is 2.84. The summed E-state index contributed by atoms with van der Waals surface area (Å²) in [5.74, 6) is -0.783. The predicted octanol–water partition coefficient (Wildman–Crippen LogP) is 2.93. The minimum atomic E-state index is -0.783. The maximum Gasteiger partial charge on any atom is 0.344 e. The van der Waals surface area contributed by atoms with Crippen LogP contribution in [0.15, 0.2) is 12.1 Å². The van der Waals surface area contributed by atoms with Gasteiger partial charge >= 0.3 is 5.97 Å². The Balaban J connectivity index is 3.42. The van der Waals surface area contributed by atoms with Gasteiger partial charge in [-0.25, -0.2) is 4.79 Å². The average Bonchev–Trinajstić information content (AvgIpc) is 2.27. The summed E-state index contributed by atoms with van der Waals surface area (Å²) < 4.78 is 4.44. The molecule has 0 heterocycles. The van der Waals surface area contributed by atoms with Gasteiger partial charge < -0.3 is 4.74 Å². The van der Waals surface area contributed by atoms with E-state index in [4.69, 9.17) is 11.6 Å². The quantitative estimate of drug-likeness (QED) is 0.372. The van der Waals surface area contributed by atoms with E-state index in [0.717, 1.165) is 7.11 Å². The lowest BCUT2D eigenvalue weighted by Gasteiger charge is -2.05. The molecule has 7 heteroatoms. The van der Waals surface area contributed by atoms with Gasteiger partial charge in [0, 0.05) is 16.4 Å². The van der Waals surface area contributed by atoms with E-state index in [0.29, 0.717) is 10.9 Å². The molecule has 0 N–H and O–H groups in total. The van der Waals surface area contributed by atoms with Crippen LogP contribution in [-0.4, -0.2) is 18.0 Å². The molecule has 0 aliphatic heterocycles. The number of rotatable bonds is 3. The van der Waals surface area contributed by atoms with Gasteiger partial charge in [0.05, 0.1) is 12.0 Å². The molecule has 0 spiro atoms. The molecular weight excluding hydrogens is 301 g/mol. The Hall–Kier alpha value is -1.14. The summed E-state index contributed by atoms with van der Waals surface area (Å²) in [6.45, 7) is 0. The van der Waals surface area contributed by atoms with Gasteiger partial charge in [-0.1, -0.05) is 27.5 Å². The lowest BCUT2D eigenvalue weighted by atomic mass is 10.1. The van der Waals surface area contributed by atoms with Crippen molar-refractivity contribution in [3.05, 3.63) is 38.4 Å². The van der Waals surface area contributed by atoms with E-state index in [1.807, 2.05) is 0 Å². The number of methoxy groups -OCH3 is 1. The molecule has 1 aromatic carbocycles. The molecule has 0 aliphatic carbocycles. The molecule has 0 amide bonds. The zero-order valence-corrected chi connectivity index (χ0v) is 10.5. The maximum absolute atomic E-state index is 11.3. The summed E-state index contributed by atoms with van der Waals surface area (Å²) >= 11 is 8.99. The van der Waals surface area contributed by atoms with Crippen molar-refractivity contribution in [1.29, 1.82) is 0 Å². The van der Waals surface area contributed by atoms with Crippen molar-refractivity contribution in [2.75, 3.05) is 7.11 Å². The van der Waals surface area contributed by atoms with E-state index in [2.05, 4.69) is 20.7 Å². The summed E-state index contributed by atoms with van der Waals surface area (Å²) in [7, 11) is 1.15. The number of carbonyl (C=O) groups excluding carboxylic acids is 1. The Morgan fingerprint density at radius 2 is 2.25 bits per heavy atom. The molecule has 86 valence electrons. The van der Waals surface area contributed by atoms with Gasteiger partial charge in [-0.3, -0.25) is 10.1 Å². The SMILES string of the molecule is COC(=O)c1cc(Cl)c(CBr)cc1[N+](=O)[O-]. The number of ether oxygens (including phenoxy) is 1. The Labute approximate surface area is 105 Å². The Morgan fingerprint density at radius 3 is 2.69 bits per heavy atom. The number of alkyl halides is 1. The highest BCUT2D eigenvalue weighted by atomic mass is 79.9. The van der Waals surface area contributed by atoms with Crippen LogP contribution in [-0.2, 0) is 10.1 Å². The molecule has 5 nitrogen and oxygen atoms in total. The first-order chi connectivity index (χ1) is 7.51. The van der Waals surface area contributed by atoms with E-state index >= 15 is 0 Å². The van der Waals surface area contributed by atoms with Crippen molar-refractivity contribution < 1.29 is 14.5 Å². The Bertz CT molecular complexity index is 449. The zero-order chi connectivity index (χ0) is 12.3. The highest BCUT2D eigenvalue weighted by molar-refractivity contribution is 9.08. The second-order valence-corrected chi connectivity index (χ2v) is 3.81. The third-order valence-electron chi connectivity index (χ3n) is 1.91. The first-order valence-electron chi connectivity index (χ1n) is 4.12. The van der Waals surface area contributed by atoms with Crippen LogP contribution in [0, 0.1) is 10.1 Å². The first-order valence-corrected chi connectivity index (χ1v) is 5.62. The van der Waals surface area contributed by atoms with Gasteiger partial charge in [-0.05, 0) is 11.6 Å². The average molecular weight is 309 g/mol. The van der Waals surface area contributed by atoms with E-state index < -0.39 is 10.9 Å². The van der Waals surface area contributed by atoms with Crippen LogP contribution < -0.4 is 0 Å². The smallest absolute Gasteiger partial charge is 0.344 e. The van der Waals surface area contributed by atoms with Gasteiger partial charge in [0.2, 0.25) is 0 Å². The van der Waals surface area contributed by atoms with Gasteiger partial charge in [0.15, 0.2) is 0 Å². The topological polar surface area (TPSA) is 69.4 Å². The van der Waals surface area contributed by atoms with Crippen molar-refractivity contribution in [1.82, 2.24) is 0 Å². The first kappa shape index (κ1) is 12.9. The van der Waals surface area contributed by atoms with Gasteiger partial charge in [-0.15, -0.1) is 0 Å². The molecule has 0 radical (unpaired) electrons. The van der Waals surface area contributed by atoms with Crippen LogP contribution in [0.1, 0.15) is 15.9 Å². The summed E-state index contributed by atoms with van der Waals surface area (Å²) in [6, 6.07) is 2.49. The van der Waals surface area contributed by atoms with Crippen LogP contribution in [0.25, 0.3) is 0 Å². The maximum atomic E-state index is 11.3.